The Hall–Kier alpha value is -0.860. The summed E-state index contributed by atoms with van der Waals surface area (Å²) in [5, 5.41) is 3.61. The zero-order chi connectivity index (χ0) is 12.3. The SMILES string of the molecule is CC(C)O[C@H]1C[C@H](c2ccccc2)NC[C@H]1C. The van der Waals surface area contributed by atoms with Crippen molar-refractivity contribution < 1.29 is 4.74 Å². The van der Waals surface area contributed by atoms with Crippen LogP contribution in [0, 0.1) is 5.92 Å². The van der Waals surface area contributed by atoms with Crippen molar-refractivity contribution in [1.29, 1.82) is 0 Å². The van der Waals surface area contributed by atoms with Crippen LogP contribution in [0.3, 0.4) is 0 Å². The fraction of sp³-hybridized carbons (Fsp3) is 0.600. The first-order valence-electron chi connectivity index (χ1n) is 6.60. The first-order valence-corrected chi connectivity index (χ1v) is 6.60. The van der Waals surface area contributed by atoms with Crippen LogP contribution in [0.2, 0.25) is 0 Å². The molecule has 3 atom stereocenters. The van der Waals surface area contributed by atoms with Gasteiger partial charge in [0.2, 0.25) is 0 Å². The maximum Gasteiger partial charge on any atom is 0.0634 e. The average Bonchev–Trinajstić information content (AvgIpc) is 2.32. The molecule has 0 unspecified atom stereocenters. The highest BCUT2D eigenvalue weighted by atomic mass is 16.5. The van der Waals surface area contributed by atoms with E-state index in [0.29, 0.717) is 24.2 Å². The minimum atomic E-state index is 0.317. The summed E-state index contributed by atoms with van der Waals surface area (Å²) in [6.07, 6.45) is 1.77. The summed E-state index contributed by atoms with van der Waals surface area (Å²) in [4.78, 5) is 0. The quantitative estimate of drug-likeness (QED) is 0.866. The lowest BCUT2D eigenvalue weighted by Crippen LogP contribution is -2.42. The van der Waals surface area contributed by atoms with Crippen LogP contribution in [0.15, 0.2) is 30.3 Å². The third-order valence-electron chi connectivity index (χ3n) is 3.44. The van der Waals surface area contributed by atoms with Crippen molar-refractivity contribution in [2.24, 2.45) is 5.92 Å². The molecule has 0 aliphatic carbocycles. The van der Waals surface area contributed by atoms with Crippen LogP contribution in [0.4, 0.5) is 0 Å². The molecule has 0 spiro atoms. The van der Waals surface area contributed by atoms with Gasteiger partial charge in [-0.1, -0.05) is 37.3 Å². The van der Waals surface area contributed by atoms with Crippen molar-refractivity contribution in [3.05, 3.63) is 35.9 Å². The third-order valence-corrected chi connectivity index (χ3v) is 3.44. The van der Waals surface area contributed by atoms with E-state index in [1.165, 1.54) is 5.56 Å². The smallest absolute Gasteiger partial charge is 0.0634 e. The lowest BCUT2D eigenvalue weighted by Gasteiger charge is -2.36. The van der Waals surface area contributed by atoms with Crippen LogP contribution < -0.4 is 5.32 Å². The maximum atomic E-state index is 6.02. The van der Waals surface area contributed by atoms with Crippen LogP contribution in [0.5, 0.6) is 0 Å². The molecule has 1 heterocycles. The van der Waals surface area contributed by atoms with Gasteiger partial charge in [-0.3, -0.25) is 0 Å². The second kappa shape index (κ2) is 5.65. The summed E-state index contributed by atoms with van der Waals surface area (Å²) in [5.74, 6) is 0.595. The summed E-state index contributed by atoms with van der Waals surface area (Å²) < 4.78 is 6.02. The van der Waals surface area contributed by atoms with Gasteiger partial charge in [0, 0.05) is 12.6 Å². The molecule has 2 nitrogen and oxygen atoms in total. The van der Waals surface area contributed by atoms with E-state index in [1.54, 1.807) is 0 Å². The van der Waals surface area contributed by atoms with Gasteiger partial charge in [0.05, 0.1) is 12.2 Å². The standard InChI is InChI=1S/C15H23NO/c1-11(2)17-15-9-14(16-10-12(15)3)13-7-5-4-6-8-13/h4-8,11-12,14-16H,9-10H2,1-3H3/t12-,14-,15+/m1/s1. The molecule has 17 heavy (non-hydrogen) atoms. The fourth-order valence-corrected chi connectivity index (χ4v) is 2.49. The molecule has 0 amide bonds. The van der Waals surface area contributed by atoms with Gasteiger partial charge in [-0.2, -0.15) is 0 Å². The average molecular weight is 233 g/mol. The summed E-state index contributed by atoms with van der Waals surface area (Å²) in [6, 6.07) is 11.1. The Morgan fingerprint density at radius 3 is 2.59 bits per heavy atom. The topological polar surface area (TPSA) is 21.3 Å². The lowest BCUT2D eigenvalue weighted by atomic mass is 9.89. The van der Waals surface area contributed by atoms with Crippen LogP contribution in [-0.2, 0) is 4.74 Å². The number of nitrogens with one attached hydrogen (secondary N) is 1. The molecule has 1 saturated heterocycles. The fourth-order valence-electron chi connectivity index (χ4n) is 2.49. The largest absolute Gasteiger partial charge is 0.375 e. The highest BCUT2D eigenvalue weighted by molar-refractivity contribution is 5.19. The molecular weight excluding hydrogens is 210 g/mol. The summed E-state index contributed by atoms with van der Waals surface area (Å²) >= 11 is 0. The Morgan fingerprint density at radius 1 is 1.24 bits per heavy atom. The van der Waals surface area contributed by atoms with Gasteiger partial charge in [0.1, 0.15) is 0 Å². The molecule has 0 bridgehead atoms. The van der Waals surface area contributed by atoms with Crippen LogP contribution in [-0.4, -0.2) is 18.8 Å². The molecule has 1 fully saturated rings. The Labute approximate surface area is 104 Å². The van der Waals surface area contributed by atoms with Crippen LogP contribution in [0.1, 0.15) is 38.8 Å². The molecule has 2 rings (SSSR count). The Balaban J connectivity index is 2.02. The molecule has 1 N–H and O–H groups in total. The lowest BCUT2D eigenvalue weighted by molar-refractivity contribution is -0.0443. The first kappa shape index (κ1) is 12.6. The molecule has 1 aliphatic rings. The number of hydrogen-bond acceptors (Lipinski definition) is 2. The van der Waals surface area contributed by atoms with Gasteiger partial charge in [-0.15, -0.1) is 0 Å². The van der Waals surface area contributed by atoms with E-state index in [0.717, 1.165) is 13.0 Å². The Bertz CT molecular complexity index is 336. The Morgan fingerprint density at radius 2 is 1.94 bits per heavy atom. The van der Waals surface area contributed by atoms with Crippen molar-refractivity contribution in [3.8, 4) is 0 Å². The van der Waals surface area contributed by atoms with E-state index >= 15 is 0 Å². The second-order valence-corrected chi connectivity index (χ2v) is 5.31. The van der Waals surface area contributed by atoms with Gasteiger partial charge in [-0.05, 0) is 31.7 Å². The van der Waals surface area contributed by atoms with E-state index in [4.69, 9.17) is 4.74 Å². The minimum absolute atomic E-state index is 0.317. The third kappa shape index (κ3) is 3.30. The van der Waals surface area contributed by atoms with Crippen LogP contribution >= 0.6 is 0 Å². The Kier molecular flexibility index (Phi) is 4.19. The normalized spacial score (nSPS) is 29.5. The predicted molar refractivity (Wildman–Crippen MR) is 71.0 cm³/mol. The van der Waals surface area contributed by atoms with E-state index in [-0.39, 0.29) is 0 Å². The zero-order valence-electron chi connectivity index (χ0n) is 11.0. The molecule has 0 aromatic heterocycles. The highest BCUT2D eigenvalue weighted by Crippen LogP contribution is 2.28. The van der Waals surface area contributed by atoms with Gasteiger partial charge >= 0.3 is 0 Å². The first-order chi connectivity index (χ1) is 8.16. The molecule has 0 radical (unpaired) electrons. The molecule has 0 saturated carbocycles. The van der Waals surface area contributed by atoms with Gasteiger partial charge in [0.15, 0.2) is 0 Å². The summed E-state index contributed by atoms with van der Waals surface area (Å²) in [7, 11) is 0. The minimum Gasteiger partial charge on any atom is -0.375 e. The molecule has 1 aromatic rings. The van der Waals surface area contributed by atoms with Gasteiger partial charge in [0.25, 0.3) is 0 Å². The molecule has 1 aliphatic heterocycles. The van der Waals surface area contributed by atoms with Crippen molar-refractivity contribution in [2.45, 2.75) is 45.4 Å². The second-order valence-electron chi connectivity index (χ2n) is 5.31. The molecule has 2 heteroatoms. The maximum absolute atomic E-state index is 6.02. The molecule has 94 valence electrons. The number of piperidine rings is 1. The van der Waals surface area contributed by atoms with E-state index in [2.05, 4.69) is 56.4 Å². The molecule has 1 aromatic carbocycles. The van der Waals surface area contributed by atoms with Crippen LogP contribution in [0.25, 0.3) is 0 Å². The van der Waals surface area contributed by atoms with Crippen molar-refractivity contribution >= 4 is 0 Å². The van der Waals surface area contributed by atoms with Crippen molar-refractivity contribution in [2.75, 3.05) is 6.54 Å². The monoisotopic (exact) mass is 233 g/mol. The molecular formula is C15H23NO. The van der Waals surface area contributed by atoms with E-state index < -0.39 is 0 Å². The number of hydrogen-bond donors (Lipinski definition) is 1. The number of rotatable bonds is 3. The predicted octanol–water partition coefficient (Wildman–Crippen LogP) is 3.15. The van der Waals surface area contributed by atoms with Crippen molar-refractivity contribution in [3.63, 3.8) is 0 Å². The number of benzene rings is 1. The van der Waals surface area contributed by atoms with Gasteiger partial charge in [-0.25, -0.2) is 0 Å². The highest BCUT2D eigenvalue weighted by Gasteiger charge is 2.29. The van der Waals surface area contributed by atoms with Crippen molar-refractivity contribution in [1.82, 2.24) is 5.32 Å². The van der Waals surface area contributed by atoms with Gasteiger partial charge < -0.3 is 10.1 Å². The zero-order valence-corrected chi connectivity index (χ0v) is 11.0. The van der Waals surface area contributed by atoms with E-state index in [1.807, 2.05) is 0 Å². The van der Waals surface area contributed by atoms with E-state index in [9.17, 15) is 0 Å². The summed E-state index contributed by atoms with van der Waals surface area (Å²) in [5.41, 5.74) is 1.37. The summed E-state index contributed by atoms with van der Waals surface area (Å²) in [6.45, 7) is 7.54. The number of ether oxygens (including phenoxy) is 1.